The van der Waals surface area contributed by atoms with Gasteiger partial charge in [-0.25, -0.2) is 14.2 Å². The SMILES string of the molecule is COCCOc1cc(C(=O)O)cc2c1nc(CN1CCC(c3cccc4c3O[C@@H](c3ccc(C#N)cc3F)CO4)CC1)n2C[C@@H]1CCO1. The van der Waals surface area contributed by atoms with Crippen LogP contribution in [0.4, 0.5) is 4.39 Å². The molecule has 7 rings (SSSR count). The number of aromatic carboxylic acids is 1. The van der Waals surface area contributed by atoms with Crippen LogP contribution in [0.25, 0.3) is 11.0 Å². The van der Waals surface area contributed by atoms with Gasteiger partial charge < -0.3 is 33.4 Å². The van der Waals surface area contributed by atoms with Gasteiger partial charge in [-0.2, -0.15) is 5.26 Å². The predicted molar refractivity (Wildman–Crippen MR) is 172 cm³/mol. The van der Waals surface area contributed by atoms with E-state index in [9.17, 15) is 14.3 Å². The van der Waals surface area contributed by atoms with Crippen LogP contribution < -0.4 is 14.2 Å². The number of benzene rings is 3. The number of carboxylic acids is 1. The monoisotopic (exact) mass is 656 g/mol. The first-order chi connectivity index (χ1) is 23.4. The third-order valence-corrected chi connectivity index (χ3v) is 9.40. The second-order valence-electron chi connectivity index (χ2n) is 12.4. The molecule has 0 spiro atoms. The Morgan fingerprint density at radius 3 is 2.67 bits per heavy atom. The summed E-state index contributed by atoms with van der Waals surface area (Å²) in [6, 6.07) is 15.5. The van der Waals surface area contributed by atoms with Crippen LogP contribution in [0.2, 0.25) is 0 Å². The van der Waals surface area contributed by atoms with Gasteiger partial charge in [0.2, 0.25) is 0 Å². The van der Waals surface area contributed by atoms with E-state index < -0.39 is 17.9 Å². The van der Waals surface area contributed by atoms with E-state index in [4.69, 9.17) is 33.9 Å². The number of likely N-dealkylation sites (tertiary alicyclic amines) is 1. The number of rotatable bonds is 11. The minimum absolute atomic E-state index is 0.0475. The Labute approximate surface area is 277 Å². The van der Waals surface area contributed by atoms with Crippen LogP contribution in [-0.4, -0.2) is 78.3 Å². The molecule has 4 aromatic rings. The average Bonchev–Trinajstić information content (AvgIpc) is 3.42. The van der Waals surface area contributed by atoms with E-state index in [0.29, 0.717) is 60.1 Å². The number of halogens is 1. The van der Waals surface area contributed by atoms with Gasteiger partial charge in [-0.3, -0.25) is 4.90 Å². The maximum Gasteiger partial charge on any atom is 0.335 e. The number of aromatic nitrogens is 2. The summed E-state index contributed by atoms with van der Waals surface area (Å²) in [4.78, 5) is 19.4. The fourth-order valence-corrected chi connectivity index (χ4v) is 6.71. The minimum Gasteiger partial charge on any atom is -0.489 e. The van der Waals surface area contributed by atoms with E-state index >= 15 is 0 Å². The number of hydrogen-bond donors (Lipinski definition) is 1. The van der Waals surface area contributed by atoms with Crippen molar-refractivity contribution >= 4 is 17.0 Å². The number of methoxy groups -OCH3 is 1. The molecule has 2 fully saturated rings. The lowest BCUT2D eigenvalue weighted by Gasteiger charge is -2.35. The molecule has 3 aromatic carbocycles. The highest BCUT2D eigenvalue weighted by atomic mass is 19.1. The van der Waals surface area contributed by atoms with Crippen molar-refractivity contribution in [2.24, 2.45) is 0 Å². The second kappa shape index (κ2) is 13.8. The summed E-state index contributed by atoms with van der Waals surface area (Å²) in [5, 5.41) is 19.0. The molecule has 0 unspecified atom stereocenters. The number of carboxylic acid groups (broad SMARTS) is 1. The number of para-hydroxylation sites is 1. The van der Waals surface area contributed by atoms with Gasteiger partial charge >= 0.3 is 5.97 Å². The van der Waals surface area contributed by atoms with Gasteiger partial charge in [0.1, 0.15) is 36.1 Å². The molecule has 0 amide bonds. The van der Waals surface area contributed by atoms with Crippen LogP contribution in [0.15, 0.2) is 48.5 Å². The quantitative estimate of drug-likeness (QED) is 0.208. The number of hydrogen-bond acceptors (Lipinski definition) is 9. The summed E-state index contributed by atoms with van der Waals surface area (Å²) in [6.45, 7) is 4.32. The Morgan fingerprint density at radius 1 is 1.12 bits per heavy atom. The van der Waals surface area contributed by atoms with Crippen molar-refractivity contribution in [1.29, 1.82) is 5.26 Å². The van der Waals surface area contributed by atoms with E-state index in [2.05, 4.69) is 15.5 Å². The van der Waals surface area contributed by atoms with Crippen molar-refractivity contribution in [3.63, 3.8) is 0 Å². The van der Waals surface area contributed by atoms with Crippen LogP contribution in [0, 0.1) is 17.1 Å². The maximum absolute atomic E-state index is 14.9. The summed E-state index contributed by atoms with van der Waals surface area (Å²) in [6.07, 6.45) is 2.11. The fourth-order valence-electron chi connectivity index (χ4n) is 6.71. The number of ether oxygens (including phenoxy) is 5. The Hall–Kier alpha value is -4.70. The van der Waals surface area contributed by atoms with Gasteiger partial charge in [-0.15, -0.1) is 0 Å². The van der Waals surface area contributed by atoms with Crippen LogP contribution in [0.5, 0.6) is 17.2 Å². The molecule has 0 radical (unpaired) electrons. The Kier molecular flexibility index (Phi) is 9.17. The Morgan fingerprint density at radius 2 is 1.96 bits per heavy atom. The number of imidazole rings is 1. The molecule has 250 valence electrons. The van der Waals surface area contributed by atoms with Crippen LogP contribution in [-0.2, 0) is 22.6 Å². The molecule has 0 bridgehead atoms. The molecular formula is C36H37FN4O7. The Balaban J connectivity index is 1.10. The summed E-state index contributed by atoms with van der Waals surface area (Å²) >= 11 is 0. The highest BCUT2D eigenvalue weighted by molar-refractivity contribution is 5.95. The molecule has 0 saturated carbocycles. The molecule has 11 nitrogen and oxygen atoms in total. The second-order valence-corrected chi connectivity index (χ2v) is 12.4. The van der Waals surface area contributed by atoms with Gasteiger partial charge in [0.25, 0.3) is 0 Å². The molecule has 1 N–H and O–H groups in total. The number of nitriles is 1. The fraction of sp³-hybridized carbons (Fsp3) is 0.417. The largest absolute Gasteiger partial charge is 0.489 e. The van der Waals surface area contributed by atoms with E-state index in [1.165, 1.54) is 12.1 Å². The first-order valence-corrected chi connectivity index (χ1v) is 16.3. The van der Waals surface area contributed by atoms with Gasteiger partial charge in [0.05, 0.1) is 48.5 Å². The van der Waals surface area contributed by atoms with Crippen LogP contribution in [0.3, 0.4) is 0 Å². The van der Waals surface area contributed by atoms with E-state index in [0.717, 1.165) is 43.7 Å². The number of fused-ring (bicyclic) bond motifs is 2. The van der Waals surface area contributed by atoms with Gasteiger partial charge in [-0.1, -0.05) is 18.2 Å². The van der Waals surface area contributed by atoms with Crippen molar-refractivity contribution in [2.45, 2.75) is 50.5 Å². The molecule has 2 atom stereocenters. The molecule has 0 aliphatic carbocycles. The van der Waals surface area contributed by atoms with Gasteiger partial charge in [0, 0.05) is 24.8 Å². The summed E-state index contributed by atoms with van der Waals surface area (Å²) < 4.78 is 46.3. The first-order valence-electron chi connectivity index (χ1n) is 16.3. The van der Waals surface area contributed by atoms with Crippen molar-refractivity contribution in [3.8, 4) is 23.3 Å². The molecule has 3 aliphatic rings. The number of nitrogens with zero attached hydrogens (tertiary/aromatic N) is 4. The Bertz CT molecular complexity index is 1860. The van der Waals surface area contributed by atoms with Crippen molar-refractivity contribution in [2.75, 3.05) is 46.6 Å². The third kappa shape index (κ3) is 6.41. The standard InChI is InChI=1S/C36H37FN4O7/c1-44-13-14-46-31-17-24(36(42)43)16-29-34(31)39-33(41(29)19-25-9-12-45-25)20-40-10-7-23(8-11-40)26-3-2-4-30-35(26)48-32(21-47-30)27-6-5-22(18-38)15-28(27)37/h2-6,15-17,23,25,32H,7-14,19-21H2,1H3,(H,42,43)/t25-,32+/m0/s1. The van der Waals surface area contributed by atoms with Crippen molar-refractivity contribution in [1.82, 2.24) is 14.5 Å². The molecule has 2 saturated heterocycles. The van der Waals surface area contributed by atoms with E-state index in [-0.39, 0.29) is 36.4 Å². The molecule has 12 heteroatoms. The smallest absolute Gasteiger partial charge is 0.335 e. The normalized spacial score (nSPS) is 19.5. The first kappa shape index (κ1) is 31.9. The van der Waals surface area contributed by atoms with Gasteiger partial charge in [0.15, 0.2) is 17.6 Å². The summed E-state index contributed by atoms with van der Waals surface area (Å²) in [5.74, 6) is 1.25. The zero-order valence-electron chi connectivity index (χ0n) is 26.7. The van der Waals surface area contributed by atoms with Crippen LogP contribution >= 0.6 is 0 Å². The summed E-state index contributed by atoms with van der Waals surface area (Å²) in [7, 11) is 1.59. The maximum atomic E-state index is 14.9. The molecule has 4 heterocycles. The van der Waals surface area contributed by atoms with Crippen molar-refractivity contribution in [3.05, 3.63) is 82.4 Å². The van der Waals surface area contributed by atoms with E-state index in [1.54, 1.807) is 25.3 Å². The average molecular weight is 657 g/mol. The van der Waals surface area contributed by atoms with Gasteiger partial charge in [-0.05, 0) is 68.6 Å². The van der Waals surface area contributed by atoms with E-state index in [1.807, 2.05) is 18.2 Å². The lowest BCUT2D eigenvalue weighted by atomic mass is 9.88. The minimum atomic E-state index is -1.03. The highest BCUT2D eigenvalue weighted by Gasteiger charge is 2.32. The zero-order valence-corrected chi connectivity index (χ0v) is 26.7. The molecule has 3 aliphatic heterocycles. The number of carbonyl (C=O) groups is 1. The third-order valence-electron chi connectivity index (χ3n) is 9.40. The lowest BCUT2D eigenvalue weighted by Crippen LogP contribution is -2.35. The number of piperidine rings is 1. The summed E-state index contributed by atoms with van der Waals surface area (Å²) in [5.41, 5.74) is 3.14. The molecular weight excluding hydrogens is 619 g/mol. The highest BCUT2D eigenvalue weighted by Crippen LogP contribution is 2.45. The predicted octanol–water partition coefficient (Wildman–Crippen LogP) is 5.45. The zero-order chi connectivity index (χ0) is 33.2. The van der Waals surface area contributed by atoms with Crippen LogP contribution in [0.1, 0.15) is 64.2 Å². The lowest BCUT2D eigenvalue weighted by molar-refractivity contribution is -0.0592. The van der Waals surface area contributed by atoms with Crippen molar-refractivity contribution < 1.29 is 38.0 Å². The molecule has 1 aromatic heterocycles. The molecule has 48 heavy (non-hydrogen) atoms. The topological polar surface area (TPSA) is 128 Å².